The molecule has 148 valence electrons. The van der Waals surface area contributed by atoms with Crippen LogP contribution >= 0.6 is 0 Å². The van der Waals surface area contributed by atoms with Gasteiger partial charge in [0.2, 0.25) is 0 Å². The Kier molecular flexibility index (Phi) is 4.14. The van der Waals surface area contributed by atoms with Crippen LogP contribution in [0, 0.1) is 0 Å². The number of furan rings is 1. The van der Waals surface area contributed by atoms with Crippen molar-refractivity contribution in [2.75, 3.05) is 20.2 Å². The molecule has 4 heterocycles. The Morgan fingerprint density at radius 1 is 1.21 bits per heavy atom. The molecule has 2 N–H and O–H groups in total. The van der Waals surface area contributed by atoms with E-state index >= 15 is 0 Å². The summed E-state index contributed by atoms with van der Waals surface area (Å²) >= 11 is 0. The van der Waals surface area contributed by atoms with Crippen molar-refractivity contribution in [3.63, 3.8) is 0 Å². The Morgan fingerprint density at radius 2 is 2.04 bits per heavy atom. The quantitative estimate of drug-likeness (QED) is 0.854. The molecule has 0 aliphatic carbocycles. The molecule has 1 spiro atoms. The van der Waals surface area contributed by atoms with Gasteiger partial charge in [0.25, 0.3) is 0 Å². The summed E-state index contributed by atoms with van der Waals surface area (Å²) in [6.07, 6.45) is 5.87. The number of hydrogen-bond acceptors (Lipinski definition) is 5. The number of rotatable bonds is 3. The summed E-state index contributed by atoms with van der Waals surface area (Å²) in [5, 5.41) is 2.30. The van der Waals surface area contributed by atoms with E-state index in [0.29, 0.717) is 6.04 Å². The van der Waals surface area contributed by atoms with Crippen LogP contribution in [0.1, 0.15) is 44.1 Å². The molecule has 3 aliphatic heterocycles. The number of hydrogen-bond donors (Lipinski definition) is 2. The first-order valence-corrected chi connectivity index (χ1v) is 10.1. The number of benzene rings is 1. The van der Waals surface area contributed by atoms with E-state index in [4.69, 9.17) is 13.9 Å². The van der Waals surface area contributed by atoms with Gasteiger partial charge < -0.3 is 24.2 Å². The normalized spacial score (nSPS) is 29.1. The second-order valence-corrected chi connectivity index (χ2v) is 8.22. The summed E-state index contributed by atoms with van der Waals surface area (Å²) in [6.45, 7) is 6.76. The number of para-hydroxylation sites is 1. The minimum atomic E-state index is -0.393. The highest BCUT2D eigenvalue weighted by Crippen LogP contribution is 2.50. The minimum absolute atomic E-state index is 0.0829. The molecule has 0 saturated carbocycles. The third-order valence-electron chi connectivity index (χ3n) is 6.40. The van der Waals surface area contributed by atoms with E-state index in [0.717, 1.165) is 54.5 Å². The van der Waals surface area contributed by atoms with Gasteiger partial charge in [-0.25, -0.2) is 0 Å². The molecule has 0 radical (unpaired) electrons. The lowest BCUT2D eigenvalue weighted by Gasteiger charge is -2.51. The molecule has 1 atom stereocenters. The van der Waals surface area contributed by atoms with Crippen molar-refractivity contribution in [3.05, 3.63) is 54.0 Å². The first-order valence-electron chi connectivity index (χ1n) is 10.1. The van der Waals surface area contributed by atoms with Crippen LogP contribution in [0.2, 0.25) is 0 Å². The Morgan fingerprint density at radius 3 is 2.71 bits per heavy atom. The average molecular weight is 382 g/mol. The number of nitrogens with zero attached hydrogens (tertiary/aromatic N) is 1. The van der Waals surface area contributed by atoms with Gasteiger partial charge in [-0.3, -0.25) is 0 Å². The standard InChI is InChI=1S/C22H27N3O3/c1-15(2)24-11-9-22(10-12-24)25-18(14-17(23-25)19-8-5-13-27-19)16-6-4-7-20(26-3)21(16)28-22/h4-8,13-15,18,23H,9-12H2,1-3H3/p+1/t18-/m0/s1. The van der Waals surface area contributed by atoms with Gasteiger partial charge in [0, 0.05) is 5.56 Å². The molecule has 3 aliphatic rings. The second kappa shape index (κ2) is 6.57. The predicted octanol–water partition coefficient (Wildman–Crippen LogP) is 2.37. The Labute approximate surface area is 165 Å². The SMILES string of the molecule is COc1cccc2c1OC1(CC[NH+](C(C)C)CC1)N1NC(c3ccco3)=C[C@@H]21. The smallest absolute Gasteiger partial charge is 0.191 e. The van der Waals surface area contributed by atoms with E-state index in [9.17, 15) is 0 Å². The molecular formula is C22H28N3O3+. The van der Waals surface area contributed by atoms with Crippen LogP contribution in [0.15, 0.2) is 47.1 Å². The molecular weight excluding hydrogens is 354 g/mol. The lowest BCUT2D eigenvalue weighted by atomic mass is 9.92. The van der Waals surface area contributed by atoms with E-state index in [2.05, 4.69) is 36.4 Å². The third-order valence-corrected chi connectivity index (χ3v) is 6.40. The van der Waals surface area contributed by atoms with E-state index in [1.807, 2.05) is 24.3 Å². The van der Waals surface area contributed by atoms with Gasteiger partial charge in [0.15, 0.2) is 23.0 Å². The highest BCUT2D eigenvalue weighted by Gasteiger charge is 2.53. The van der Waals surface area contributed by atoms with Crippen LogP contribution in [-0.2, 0) is 0 Å². The van der Waals surface area contributed by atoms with Crippen molar-refractivity contribution < 1.29 is 18.8 Å². The number of quaternary nitrogens is 1. The molecule has 2 aromatic rings. The van der Waals surface area contributed by atoms with Gasteiger partial charge in [0.05, 0.1) is 57.1 Å². The van der Waals surface area contributed by atoms with Crippen molar-refractivity contribution >= 4 is 5.70 Å². The van der Waals surface area contributed by atoms with Gasteiger partial charge >= 0.3 is 0 Å². The molecule has 28 heavy (non-hydrogen) atoms. The Bertz CT molecular complexity index is 882. The van der Waals surface area contributed by atoms with Crippen LogP contribution in [0.25, 0.3) is 5.70 Å². The molecule has 0 unspecified atom stereocenters. The number of piperidine rings is 1. The Balaban J connectivity index is 1.56. The summed E-state index contributed by atoms with van der Waals surface area (Å²) in [4.78, 5) is 1.63. The number of hydrazine groups is 1. The third kappa shape index (κ3) is 2.63. The van der Waals surface area contributed by atoms with Crippen molar-refractivity contribution in [1.29, 1.82) is 0 Å². The summed E-state index contributed by atoms with van der Waals surface area (Å²) in [7, 11) is 1.71. The van der Waals surface area contributed by atoms with Gasteiger partial charge in [0.1, 0.15) is 0 Å². The summed E-state index contributed by atoms with van der Waals surface area (Å²) in [5.41, 5.74) is 5.33. The number of methoxy groups -OCH3 is 1. The molecule has 1 aromatic carbocycles. The molecule has 1 fully saturated rings. The molecule has 0 amide bonds. The summed E-state index contributed by atoms with van der Waals surface area (Å²) < 4.78 is 18.0. The van der Waals surface area contributed by atoms with Crippen molar-refractivity contribution in [1.82, 2.24) is 10.4 Å². The zero-order valence-electron chi connectivity index (χ0n) is 16.7. The number of likely N-dealkylation sites (tertiary alicyclic amines) is 1. The first-order chi connectivity index (χ1) is 13.6. The van der Waals surface area contributed by atoms with Crippen LogP contribution < -0.4 is 19.8 Å². The number of fused-ring (bicyclic) bond motifs is 4. The fraction of sp³-hybridized carbons (Fsp3) is 0.455. The lowest BCUT2D eigenvalue weighted by Crippen LogP contribution is -3.16. The van der Waals surface area contributed by atoms with Crippen LogP contribution in [-0.4, -0.2) is 37.0 Å². The summed E-state index contributed by atoms with van der Waals surface area (Å²) in [6, 6.07) is 10.8. The number of nitrogens with one attached hydrogen (secondary N) is 2. The van der Waals surface area contributed by atoms with Crippen LogP contribution in [0.5, 0.6) is 11.5 Å². The van der Waals surface area contributed by atoms with Gasteiger partial charge in [-0.15, -0.1) is 0 Å². The topological polar surface area (TPSA) is 51.3 Å². The highest BCUT2D eigenvalue weighted by atomic mass is 16.5. The zero-order valence-corrected chi connectivity index (χ0v) is 16.7. The fourth-order valence-electron chi connectivity index (χ4n) is 4.78. The molecule has 5 rings (SSSR count). The molecule has 0 bridgehead atoms. The van der Waals surface area contributed by atoms with E-state index in [1.54, 1.807) is 18.3 Å². The first kappa shape index (κ1) is 17.6. The van der Waals surface area contributed by atoms with E-state index in [-0.39, 0.29) is 6.04 Å². The fourth-order valence-corrected chi connectivity index (χ4v) is 4.78. The Hall–Kier alpha value is -2.44. The van der Waals surface area contributed by atoms with Gasteiger partial charge in [-0.05, 0) is 38.1 Å². The maximum absolute atomic E-state index is 6.75. The minimum Gasteiger partial charge on any atom is -0.493 e. The molecule has 1 aromatic heterocycles. The average Bonchev–Trinajstić information content (AvgIpc) is 3.38. The number of ether oxygens (including phenoxy) is 2. The van der Waals surface area contributed by atoms with E-state index in [1.165, 1.54) is 0 Å². The molecule has 6 nitrogen and oxygen atoms in total. The highest BCUT2D eigenvalue weighted by molar-refractivity contribution is 5.65. The van der Waals surface area contributed by atoms with Crippen molar-refractivity contribution in [2.24, 2.45) is 0 Å². The van der Waals surface area contributed by atoms with E-state index < -0.39 is 5.72 Å². The van der Waals surface area contributed by atoms with Crippen LogP contribution in [0.4, 0.5) is 0 Å². The van der Waals surface area contributed by atoms with Crippen molar-refractivity contribution in [3.8, 4) is 11.5 Å². The maximum atomic E-state index is 6.75. The zero-order chi connectivity index (χ0) is 19.3. The monoisotopic (exact) mass is 382 g/mol. The van der Waals surface area contributed by atoms with Crippen LogP contribution in [0.3, 0.4) is 0 Å². The lowest BCUT2D eigenvalue weighted by molar-refractivity contribution is -0.929. The van der Waals surface area contributed by atoms with Crippen molar-refractivity contribution in [2.45, 2.75) is 44.5 Å². The van der Waals surface area contributed by atoms with Gasteiger partial charge in [-0.1, -0.05) is 12.1 Å². The maximum Gasteiger partial charge on any atom is 0.191 e. The molecule has 6 heteroatoms. The predicted molar refractivity (Wildman–Crippen MR) is 106 cm³/mol. The van der Waals surface area contributed by atoms with Gasteiger partial charge in [-0.2, -0.15) is 5.01 Å². The molecule has 1 saturated heterocycles. The largest absolute Gasteiger partial charge is 0.493 e. The second-order valence-electron chi connectivity index (χ2n) is 8.22. The summed E-state index contributed by atoms with van der Waals surface area (Å²) in [5.74, 6) is 2.52.